The SMILES string of the molecule is c1cn2cc(C3CCCCCCCCC3)nc(NCCC3CCCCCCCCCC3)c2n1. The van der Waals surface area contributed by atoms with Gasteiger partial charge in [-0.15, -0.1) is 0 Å². The zero-order chi connectivity index (χ0) is 22.6. The average molecular weight is 453 g/mol. The number of nitrogens with one attached hydrogen (secondary N) is 1. The lowest BCUT2D eigenvalue weighted by molar-refractivity contribution is 0.397. The number of hydrogen-bond donors (Lipinski definition) is 1. The number of aromatic nitrogens is 3. The summed E-state index contributed by atoms with van der Waals surface area (Å²) in [4.78, 5) is 9.81. The monoisotopic (exact) mass is 452 g/mol. The topological polar surface area (TPSA) is 42.2 Å². The van der Waals surface area contributed by atoms with E-state index in [-0.39, 0.29) is 0 Å². The summed E-state index contributed by atoms with van der Waals surface area (Å²) in [7, 11) is 0. The molecule has 33 heavy (non-hydrogen) atoms. The summed E-state index contributed by atoms with van der Waals surface area (Å²) in [5, 5.41) is 3.73. The molecule has 0 unspecified atom stereocenters. The first-order valence-corrected chi connectivity index (χ1v) is 14.5. The van der Waals surface area contributed by atoms with E-state index in [0.29, 0.717) is 5.92 Å². The number of rotatable bonds is 5. The minimum Gasteiger partial charge on any atom is -0.367 e. The number of anilines is 1. The Morgan fingerprint density at radius 2 is 1.27 bits per heavy atom. The van der Waals surface area contributed by atoms with Crippen molar-refractivity contribution in [3.63, 3.8) is 0 Å². The summed E-state index contributed by atoms with van der Waals surface area (Å²) in [5.74, 6) is 2.47. The van der Waals surface area contributed by atoms with Crippen molar-refractivity contribution in [2.24, 2.45) is 5.92 Å². The third kappa shape index (κ3) is 8.00. The fourth-order valence-electron chi connectivity index (χ4n) is 6.13. The maximum Gasteiger partial charge on any atom is 0.180 e. The van der Waals surface area contributed by atoms with Crippen LogP contribution in [0.15, 0.2) is 18.6 Å². The predicted octanol–water partition coefficient (Wildman–Crippen LogP) is 8.67. The van der Waals surface area contributed by atoms with E-state index in [9.17, 15) is 0 Å². The van der Waals surface area contributed by atoms with Gasteiger partial charge < -0.3 is 9.72 Å². The number of nitrogens with zero attached hydrogens (tertiary/aromatic N) is 3. The van der Waals surface area contributed by atoms with E-state index in [1.165, 1.54) is 134 Å². The van der Waals surface area contributed by atoms with Crippen molar-refractivity contribution in [1.82, 2.24) is 14.4 Å². The molecule has 0 amide bonds. The largest absolute Gasteiger partial charge is 0.367 e. The summed E-state index contributed by atoms with van der Waals surface area (Å²) < 4.78 is 2.20. The molecule has 0 bridgehead atoms. The van der Waals surface area contributed by atoms with Crippen molar-refractivity contribution < 1.29 is 0 Å². The zero-order valence-corrected chi connectivity index (χ0v) is 21.1. The van der Waals surface area contributed by atoms with E-state index in [2.05, 4.69) is 27.1 Å². The first-order chi connectivity index (χ1) is 16.4. The van der Waals surface area contributed by atoms with Crippen molar-refractivity contribution in [1.29, 1.82) is 0 Å². The molecule has 2 aromatic heterocycles. The molecule has 2 fully saturated rings. The zero-order valence-electron chi connectivity index (χ0n) is 21.1. The summed E-state index contributed by atoms with van der Waals surface area (Å²) in [6.07, 6.45) is 34.2. The van der Waals surface area contributed by atoms with Gasteiger partial charge in [0, 0.05) is 31.1 Å². The van der Waals surface area contributed by atoms with E-state index in [0.717, 1.165) is 23.9 Å². The van der Waals surface area contributed by atoms with Crippen LogP contribution in [0.5, 0.6) is 0 Å². The standard InChI is InChI=1S/C29H48N4/c1-2-5-9-13-17-25(16-12-8-4-1)20-21-30-28-29-31-22-23-33(29)24-27(32-28)26-18-14-10-6-3-7-11-15-19-26/h22-26H,1-21H2,(H,30,32). The van der Waals surface area contributed by atoms with Crippen molar-refractivity contribution in [3.8, 4) is 0 Å². The number of hydrogen-bond acceptors (Lipinski definition) is 3. The average Bonchev–Trinajstić information content (AvgIpc) is 3.29. The van der Waals surface area contributed by atoms with Crippen LogP contribution in [0.3, 0.4) is 0 Å². The molecule has 0 atom stereocenters. The molecule has 0 aliphatic heterocycles. The van der Waals surface area contributed by atoms with E-state index in [4.69, 9.17) is 4.98 Å². The van der Waals surface area contributed by atoms with Gasteiger partial charge in [-0.1, -0.05) is 109 Å². The molecule has 1 N–H and O–H groups in total. The predicted molar refractivity (Wildman–Crippen MR) is 140 cm³/mol. The van der Waals surface area contributed by atoms with Crippen molar-refractivity contribution in [2.75, 3.05) is 11.9 Å². The van der Waals surface area contributed by atoms with Crippen LogP contribution in [-0.2, 0) is 0 Å². The molecule has 0 radical (unpaired) electrons. The van der Waals surface area contributed by atoms with Gasteiger partial charge in [0.15, 0.2) is 11.5 Å². The Kier molecular flexibility index (Phi) is 10.4. The van der Waals surface area contributed by atoms with Crippen LogP contribution in [0.25, 0.3) is 5.65 Å². The van der Waals surface area contributed by atoms with Gasteiger partial charge in [-0.05, 0) is 25.2 Å². The Hall–Kier alpha value is -1.58. The van der Waals surface area contributed by atoms with Gasteiger partial charge in [-0.2, -0.15) is 0 Å². The lowest BCUT2D eigenvalue weighted by Crippen LogP contribution is -2.13. The second kappa shape index (κ2) is 14.0. The molecule has 2 aliphatic rings. The Morgan fingerprint density at radius 1 is 0.727 bits per heavy atom. The molecule has 4 heteroatoms. The summed E-state index contributed by atoms with van der Waals surface area (Å²) >= 11 is 0. The third-order valence-corrected chi connectivity index (χ3v) is 8.24. The van der Waals surface area contributed by atoms with Gasteiger partial charge in [-0.25, -0.2) is 9.97 Å². The van der Waals surface area contributed by atoms with Gasteiger partial charge in [0.05, 0.1) is 5.69 Å². The molecular weight excluding hydrogens is 404 g/mol. The Morgan fingerprint density at radius 3 is 1.88 bits per heavy atom. The lowest BCUT2D eigenvalue weighted by Gasteiger charge is -2.20. The molecule has 184 valence electrons. The molecule has 2 aromatic rings. The Labute approximate surface area is 202 Å². The highest BCUT2D eigenvalue weighted by molar-refractivity contribution is 5.62. The Bertz CT molecular complexity index is 776. The van der Waals surface area contributed by atoms with Gasteiger partial charge in [0.25, 0.3) is 0 Å². The van der Waals surface area contributed by atoms with Crippen LogP contribution in [0.4, 0.5) is 5.82 Å². The van der Waals surface area contributed by atoms with Crippen LogP contribution in [-0.4, -0.2) is 20.9 Å². The molecule has 2 saturated carbocycles. The van der Waals surface area contributed by atoms with E-state index < -0.39 is 0 Å². The molecule has 4 rings (SSSR count). The van der Waals surface area contributed by atoms with E-state index in [1.54, 1.807) is 0 Å². The quantitative estimate of drug-likeness (QED) is 0.493. The molecule has 0 aromatic carbocycles. The summed E-state index contributed by atoms with van der Waals surface area (Å²) in [5.41, 5.74) is 2.26. The molecular formula is C29H48N4. The summed E-state index contributed by atoms with van der Waals surface area (Å²) in [6.45, 7) is 1.02. The highest BCUT2D eigenvalue weighted by atomic mass is 15.1. The molecule has 4 nitrogen and oxygen atoms in total. The number of imidazole rings is 1. The second-order valence-electron chi connectivity index (χ2n) is 10.9. The maximum atomic E-state index is 5.18. The first kappa shape index (κ1) is 24.5. The van der Waals surface area contributed by atoms with Crippen molar-refractivity contribution >= 4 is 11.5 Å². The first-order valence-electron chi connectivity index (χ1n) is 14.5. The third-order valence-electron chi connectivity index (χ3n) is 8.24. The fourth-order valence-corrected chi connectivity index (χ4v) is 6.13. The van der Waals surface area contributed by atoms with Crippen molar-refractivity contribution in [3.05, 3.63) is 24.3 Å². The van der Waals surface area contributed by atoms with E-state index in [1.807, 2.05) is 6.20 Å². The van der Waals surface area contributed by atoms with Gasteiger partial charge in [0.2, 0.25) is 0 Å². The van der Waals surface area contributed by atoms with Gasteiger partial charge in [0.1, 0.15) is 0 Å². The van der Waals surface area contributed by atoms with Crippen LogP contribution in [0.1, 0.15) is 140 Å². The fraction of sp³-hybridized carbons (Fsp3) is 0.793. The van der Waals surface area contributed by atoms with E-state index >= 15 is 0 Å². The van der Waals surface area contributed by atoms with Crippen LogP contribution >= 0.6 is 0 Å². The van der Waals surface area contributed by atoms with Crippen LogP contribution in [0.2, 0.25) is 0 Å². The van der Waals surface area contributed by atoms with Gasteiger partial charge in [-0.3, -0.25) is 0 Å². The smallest absolute Gasteiger partial charge is 0.180 e. The molecule has 2 aliphatic carbocycles. The number of fused-ring (bicyclic) bond motifs is 1. The molecule has 0 saturated heterocycles. The molecule has 2 heterocycles. The minimum atomic E-state index is 0.595. The highest BCUT2D eigenvalue weighted by Crippen LogP contribution is 2.31. The second-order valence-corrected chi connectivity index (χ2v) is 10.9. The van der Waals surface area contributed by atoms with Crippen LogP contribution < -0.4 is 5.32 Å². The minimum absolute atomic E-state index is 0.595. The van der Waals surface area contributed by atoms with Crippen molar-refractivity contribution in [2.45, 2.75) is 134 Å². The highest BCUT2D eigenvalue weighted by Gasteiger charge is 2.18. The molecule has 0 spiro atoms. The maximum absolute atomic E-state index is 5.18. The van der Waals surface area contributed by atoms with Gasteiger partial charge >= 0.3 is 0 Å². The summed E-state index contributed by atoms with van der Waals surface area (Å²) in [6, 6.07) is 0. The normalized spacial score (nSPS) is 21.5. The lowest BCUT2D eigenvalue weighted by atomic mass is 9.90. The Balaban J connectivity index is 1.38. The van der Waals surface area contributed by atoms with Crippen LogP contribution in [0, 0.1) is 5.92 Å².